The first-order valence-electron chi connectivity index (χ1n) is 10.4. The number of methoxy groups -OCH3 is 2. The first-order valence-corrected chi connectivity index (χ1v) is 10.4. The van der Waals surface area contributed by atoms with Gasteiger partial charge in [0.15, 0.2) is 11.5 Å². The van der Waals surface area contributed by atoms with Crippen molar-refractivity contribution < 1.29 is 19.0 Å². The fourth-order valence-electron chi connectivity index (χ4n) is 3.74. The van der Waals surface area contributed by atoms with E-state index < -0.39 is 0 Å². The van der Waals surface area contributed by atoms with Crippen LogP contribution in [0.1, 0.15) is 28.8 Å². The largest absolute Gasteiger partial charge is 0.493 e. The molecule has 0 saturated carbocycles. The summed E-state index contributed by atoms with van der Waals surface area (Å²) in [5.41, 5.74) is 3.00. The Morgan fingerprint density at radius 3 is 2.68 bits per heavy atom. The Morgan fingerprint density at radius 2 is 1.97 bits per heavy atom. The third kappa shape index (κ3) is 4.88. The van der Waals surface area contributed by atoms with E-state index in [0.717, 1.165) is 30.6 Å². The van der Waals surface area contributed by atoms with Crippen LogP contribution in [-0.2, 0) is 11.3 Å². The molecule has 2 heterocycles. The summed E-state index contributed by atoms with van der Waals surface area (Å²) in [6.07, 6.45) is 3.87. The van der Waals surface area contributed by atoms with E-state index in [-0.39, 0.29) is 12.0 Å². The van der Waals surface area contributed by atoms with E-state index >= 15 is 0 Å². The summed E-state index contributed by atoms with van der Waals surface area (Å²) < 4.78 is 18.2. The van der Waals surface area contributed by atoms with E-state index in [4.69, 9.17) is 19.3 Å². The fourth-order valence-corrected chi connectivity index (χ4v) is 3.74. The highest BCUT2D eigenvalue weighted by Gasteiger charge is 2.22. The molecule has 3 aromatic rings. The lowest BCUT2D eigenvalue weighted by molar-refractivity contribution is 0.0858. The normalized spacial score (nSPS) is 15.6. The second-order valence-corrected chi connectivity index (χ2v) is 7.49. The third-order valence-corrected chi connectivity index (χ3v) is 5.36. The molecule has 4 rings (SSSR count). The summed E-state index contributed by atoms with van der Waals surface area (Å²) in [6, 6.07) is 15.6. The van der Waals surface area contributed by atoms with Crippen molar-refractivity contribution in [1.82, 2.24) is 15.1 Å². The van der Waals surface area contributed by atoms with Gasteiger partial charge >= 0.3 is 0 Å². The van der Waals surface area contributed by atoms with Gasteiger partial charge in [-0.3, -0.25) is 9.48 Å². The Balaban J connectivity index is 1.65. The van der Waals surface area contributed by atoms with Crippen LogP contribution in [0.3, 0.4) is 0 Å². The van der Waals surface area contributed by atoms with Crippen LogP contribution in [0.5, 0.6) is 11.5 Å². The van der Waals surface area contributed by atoms with E-state index in [1.807, 2.05) is 48.5 Å². The standard InChI is InChI=1S/C24H27N3O4/c1-29-21-11-10-18(13-22(21)30-2)23-20(24(28)25-14-19-9-6-12-31-19)16-27(26-23)15-17-7-4-3-5-8-17/h3-5,7-8,10-11,13,16,19H,6,9,12,14-15H2,1-2H3,(H,25,28)/t19-/m1/s1. The topological polar surface area (TPSA) is 74.6 Å². The van der Waals surface area contributed by atoms with Crippen LogP contribution in [0, 0.1) is 0 Å². The summed E-state index contributed by atoms with van der Waals surface area (Å²) in [5, 5.41) is 7.74. The monoisotopic (exact) mass is 421 g/mol. The number of nitrogens with zero attached hydrogens (tertiary/aromatic N) is 2. The average molecular weight is 421 g/mol. The number of hydrogen-bond donors (Lipinski definition) is 1. The summed E-state index contributed by atoms with van der Waals surface area (Å²) in [6.45, 7) is 1.82. The highest BCUT2D eigenvalue weighted by Crippen LogP contribution is 2.33. The molecule has 0 spiro atoms. The number of amides is 1. The van der Waals surface area contributed by atoms with Crippen LogP contribution in [0.25, 0.3) is 11.3 Å². The van der Waals surface area contributed by atoms with Gasteiger partial charge in [-0.15, -0.1) is 0 Å². The van der Waals surface area contributed by atoms with Gasteiger partial charge in [0.1, 0.15) is 5.69 Å². The van der Waals surface area contributed by atoms with Crippen LogP contribution in [0.15, 0.2) is 54.7 Å². The SMILES string of the molecule is COc1ccc(-c2nn(Cc3ccccc3)cc2C(=O)NC[C@H]2CCCO2)cc1OC. The van der Waals surface area contributed by atoms with Gasteiger partial charge in [-0.05, 0) is 36.6 Å². The van der Waals surface area contributed by atoms with E-state index in [2.05, 4.69) is 5.32 Å². The summed E-state index contributed by atoms with van der Waals surface area (Å²) in [4.78, 5) is 13.1. The molecule has 7 heteroatoms. The third-order valence-electron chi connectivity index (χ3n) is 5.36. The molecule has 1 aliphatic rings. The van der Waals surface area contributed by atoms with Crippen molar-refractivity contribution in [1.29, 1.82) is 0 Å². The van der Waals surface area contributed by atoms with Crippen LogP contribution in [0.2, 0.25) is 0 Å². The van der Waals surface area contributed by atoms with Gasteiger partial charge in [-0.25, -0.2) is 0 Å². The lowest BCUT2D eigenvalue weighted by Gasteiger charge is -2.11. The minimum Gasteiger partial charge on any atom is -0.493 e. The minimum atomic E-state index is -0.167. The molecule has 1 aliphatic heterocycles. The Labute approximate surface area is 181 Å². The van der Waals surface area contributed by atoms with Crippen LogP contribution >= 0.6 is 0 Å². The fraction of sp³-hybridized carbons (Fsp3) is 0.333. The Kier molecular flexibility index (Phi) is 6.52. The molecule has 1 amide bonds. The average Bonchev–Trinajstić information content (AvgIpc) is 3.48. The molecule has 7 nitrogen and oxygen atoms in total. The van der Waals surface area contributed by atoms with Gasteiger partial charge in [-0.1, -0.05) is 30.3 Å². The van der Waals surface area contributed by atoms with Gasteiger partial charge in [0.2, 0.25) is 0 Å². The predicted molar refractivity (Wildman–Crippen MR) is 118 cm³/mol. The minimum absolute atomic E-state index is 0.0767. The molecule has 0 radical (unpaired) electrons. The number of nitrogens with one attached hydrogen (secondary N) is 1. The van der Waals surface area contributed by atoms with E-state index in [1.54, 1.807) is 25.1 Å². The lowest BCUT2D eigenvalue weighted by Crippen LogP contribution is -2.31. The van der Waals surface area contributed by atoms with Crippen LogP contribution in [-0.4, -0.2) is 49.2 Å². The zero-order valence-corrected chi connectivity index (χ0v) is 17.8. The molecule has 0 bridgehead atoms. The molecule has 2 aromatic carbocycles. The van der Waals surface area contributed by atoms with Crippen molar-refractivity contribution in [3.63, 3.8) is 0 Å². The molecule has 162 valence electrons. The number of benzene rings is 2. The molecule has 1 atom stereocenters. The van der Waals surface area contributed by atoms with Crippen molar-refractivity contribution >= 4 is 5.91 Å². The van der Waals surface area contributed by atoms with Gasteiger partial charge < -0.3 is 19.5 Å². The highest BCUT2D eigenvalue weighted by atomic mass is 16.5. The number of aromatic nitrogens is 2. The molecule has 1 saturated heterocycles. The number of rotatable bonds is 8. The Bertz CT molecular complexity index is 1030. The second-order valence-electron chi connectivity index (χ2n) is 7.49. The van der Waals surface area contributed by atoms with Crippen LogP contribution < -0.4 is 14.8 Å². The van der Waals surface area contributed by atoms with Gasteiger partial charge in [-0.2, -0.15) is 5.10 Å². The van der Waals surface area contributed by atoms with Crippen molar-refractivity contribution in [3.8, 4) is 22.8 Å². The highest BCUT2D eigenvalue weighted by molar-refractivity contribution is 6.00. The number of carbonyl (C=O) groups excluding carboxylic acids is 1. The summed E-state index contributed by atoms with van der Waals surface area (Å²) in [7, 11) is 3.18. The van der Waals surface area contributed by atoms with Crippen molar-refractivity contribution in [2.45, 2.75) is 25.5 Å². The number of hydrogen-bond acceptors (Lipinski definition) is 5. The molecule has 0 aliphatic carbocycles. The van der Waals surface area contributed by atoms with Crippen LogP contribution in [0.4, 0.5) is 0 Å². The Hall–Kier alpha value is -3.32. The van der Waals surface area contributed by atoms with E-state index in [9.17, 15) is 4.79 Å². The maximum Gasteiger partial charge on any atom is 0.255 e. The first kappa shape index (κ1) is 20.9. The smallest absolute Gasteiger partial charge is 0.255 e. The second kappa shape index (κ2) is 9.66. The lowest BCUT2D eigenvalue weighted by atomic mass is 10.1. The van der Waals surface area contributed by atoms with Gasteiger partial charge in [0, 0.05) is 24.9 Å². The maximum atomic E-state index is 13.1. The molecule has 0 unspecified atom stereocenters. The molecular formula is C24H27N3O4. The van der Waals surface area contributed by atoms with E-state index in [0.29, 0.717) is 35.8 Å². The van der Waals surface area contributed by atoms with Gasteiger partial charge in [0.25, 0.3) is 5.91 Å². The number of ether oxygens (including phenoxy) is 3. The molecule has 1 N–H and O–H groups in total. The number of carbonyl (C=O) groups is 1. The van der Waals surface area contributed by atoms with Gasteiger partial charge in [0.05, 0.1) is 32.4 Å². The molecular weight excluding hydrogens is 394 g/mol. The molecule has 1 fully saturated rings. The maximum absolute atomic E-state index is 13.1. The predicted octanol–water partition coefficient (Wildman–Crippen LogP) is 3.52. The Morgan fingerprint density at radius 1 is 1.16 bits per heavy atom. The zero-order valence-electron chi connectivity index (χ0n) is 17.8. The molecule has 31 heavy (non-hydrogen) atoms. The summed E-state index contributed by atoms with van der Waals surface area (Å²) in [5.74, 6) is 1.04. The first-order chi connectivity index (χ1) is 15.2. The molecule has 1 aromatic heterocycles. The van der Waals surface area contributed by atoms with Crippen molar-refractivity contribution in [2.24, 2.45) is 0 Å². The quantitative estimate of drug-likeness (QED) is 0.602. The van der Waals surface area contributed by atoms with Crippen molar-refractivity contribution in [3.05, 3.63) is 65.9 Å². The zero-order chi connectivity index (χ0) is 21.6. The van der Waals surface area contributed by atoms with Crippen molar-refractivity contribution in [2.75, 3.05) is 27.4 Å². The van der Waals surface area contributed by atoms with E-state index in [1.165, 1.54) is 0 Å². The summed E-state index contributed by atoms with van der Waals surface area (Å²) >= 11 is 0.